The van der Waals surface area contributed by atoms with Crippen LogP contribution in [-0.2, 0) is 0 Å². The van der Waals surface area contributed by atoms with Gasteiger partial charge in [-0.1, -0.05) is 13.0 Å². The fourth-order valence-electron chi connectivity index (χ4n) is 1.89. The van der Waals surface area contributed by atoms with Gasteiger partial charge < -0.3 is 11.1 Å². The van der Waals surface area contributed by atoms with E-state index in [4.69, 9.17) is 5.73 Å². The Morgan fingerprint density at radius 2 is 2.16 bits per heavy atom. The molecule has 0 aliphatic carbocycles. The third kappa shape index (κ3) is 3.26. The van der Waals surface area contributed by atoms with Crippen LogP contribution in [0.4, 0.5) is 10.2 Å². The summed E-state index contributed by atoms with van der Waals surface area (Å²) in [4.78, 5) is 8.22. The molecule has 5 heteroatoms. The Kier molecular flexibility index (Phi) is 4.41. The van der Waals surface area contributed by atoms with Gasteiger partial charge in [-0.15, -0.1) is 0 Å². The lowest BCUT2D eigenvalue weighted by Gasteiger charge is -2.19. The Hall–Kier alpha value is -2.01. The van der Waals surface area contributed by atoms with E-state index >= 15 is 0 Å². The van der Waals surface area contributed by atoms with Gasteiger partial charge in [0.25, 0.3) is 0 Å². The number of nitrogens with one attached hydrogen (secondary N) is 1. The number of pyridine rings is 2. The second-order valence-electron chi connectivity index (χ2n) is 4.27. The van der Waals surface area contributed by atoms with E-state index in [1.54, 1.807) is 12.3 Å². The van der Waals surface area contributed by atoms with Gasteiger partial charge in [-0.3, -0.25) is 4.98 Å². The zero-order valence-electron chi connectivity index (χ0n) is 10.8. The molecule has 2 aromatic heterocycles. The third-order valence-electron chi connectivity index (χ3n) is 2.83. The number of anilines is 1. The summed E-state index contributed by atoms with van der Waals surface area (Å²) in [5.74, 6) is 0.111. The first-order valence-electron chi connectivity index (χ1n) is 6.27. The van der Waals surface area contributed by atoms with Crippen molar-refractivity contribution < 1.29 is 4.39 Å². The van der Waals surface area contributed by atoms with Gasteiger partial charge in [-0.25, -0.2) is 9.37 Å². The summed E-state index contributed by atoms with van der Waals surface area (Å²) in [7, 11) is 0. The van der Waals surface area contributed by atoms with Crippen molar-refractivity contribution in [2.24, 2.45) is 0 Å². The predicted molar refractivity (Wildman–Crippen MR) is 73.0 cm³/mol. The molecule has 0 saturated carbocycles. The predicted octanol–water partition coefficient (Wildman–Crippen LogP) is 2.29. The molecule has 0 radical (unpaired) electrons. The molecule has 0 aliphatic rings. The van der Waals surface area contributed by atoms with Crippen molar-refractivity contribution in [1.82, 2.24) is 15.3 Å². The number of rotatable bonds is 5. The minimum Gasteiger partial charge on any atom is -0.383 e. The van der Waals surface area contributed by atoms with Crippen LogP contribution in [0.5, 0.6) is 0 Å². The topological polar surface area (TPSA) is 63.8 Å². The summed E-state index contributed by atoms with van der Waals surface area (Å²) in [6, 6.07) is 6.62. The maximum absolute atomic E-state index is 13.0. The summed E-state index contributed by atoms with van der Waals surface area (Å²) < 4.78 is 13.0. The standard InChI is InChI=1S/C14H17FN4/c1-2-7-17-13(11-4-3-8-18-14(11)16)12-6-5-10(15)9-19-12/h3-6,8-9,13,17H,2,7H2,1H3,(H2,16,18). The van der Waals surface area contributed by atoms with Crippen LogP contribution in [-0.4, -0.2) is 16.5 Å². The van der Waals surface area contributed by atoms with Crippen molar-refractivity contribution >= 4 is 5.82 Å². The quantitative estimate of drug-likeness (QED) is 0.865. The number of nitrogens with zero attached hydrogens (tertiary/aromatic N) is 2. The molecule has 0 bridgehead atoms. The number of hydrogen-bond donors (Lipinski definition) is 2. The highest BCUT2D eigenvalue weighted by Gasteiger charge is 2.17. The lowest BCUT2D eigenvalue weighted by Crippen LogP contribution is -2.25. The Labute approximate surface area is 111 Å². The molecule has 0 fully saturated rings. The lowest BCUT2D eigenvalue weighted by molar-refractivity contribution is 0.576. The van der Waals surface area contributed by atoms with Crippen molar-refractivity contribution in [3.63, 3.8) is 0 Å². The maximum atomic E-state index is 13.0. The fourth-order valence-corrected chi connectivity index (χ4v) is 1.89. The molecule has 2 aromatic rings. The molecule has 3 N–H and O–H groups in total. The summed E-state index contributed by atoms with van der Waals surface area (Å²) in [5, 5.41) is 3.36. The Balaban J connectivity index is 2.35. The molecule has 100 valence electrons. The molecule has 0 saturated heterocycles. The molecular weight excluding hydrogens is 243 g/mol. The largest absolute Gasteiger partial charge is 0.383 e. The summed E-state index contributed by atoms with van der Waals surface area (Å²) in [6.45, 7) is 2.90. The summed E-state index contributed by atoms with van der Waals surface area (Å²) in [5.41, 5.74) is 7.50. The monoisotopic (exact) mass is 260 g/mol. The van der Waals surface area contributed by atoms with E-state index in [-0.39, 0.29) is 11.9 Å². The molecule has 0 aliphatic heterocycles. The molecule has 0 amide bonds. The van der Waals surface area contributed by atoms with E-state index in [9.17, 15) is 4.39 Å². The van der Waals surface area contributed by atoms with Gasteiger partial charge in [-0.05, 0) is 31.2 Å². The first-order valence-corrected chi connectivity index (χ1v) is 6.27. The fraction of sp³-hybridized carbons (Fsp3) is 0.286. The number of aromatic nitrogens is 2. The van der Waals surface area contributed by atoms with Crippen molar-refractivity contribution in [3.05, 3.63) is 53.7 Å². The smallest absolute Gasteiger partial charge is 0.141 e. The van der Waals surface area contributed by atoms with Gasteiger partial charge in [0.15, 0.2) is 0 Å². The van der Waals surface area contributed by atoms with Crippen LogP contribution in [0.2, 0.25) is 0 Å². The highest BCUT2D eigenvalue weighted by molar-refractivity contribution is 5.44. The highest BCUT2D eigenvalue weighted by Crippen LogP contribution is 2.24. The first-order chi connectivity index (χ1) is 9.22. The number of hydrogen-bond acceptors (Lipinski definition) is 4. The average molecular weight is 260 g/mol. The van der Waals surface area contributed by atoms with Gasteiger partial charge in [0.2, 0.25) is 0 Å². The normalized spacial score (nSPS) is 12.3. The van der Waals surface area contributed by atoms with E-state index < -0.39 is 0 Å². The lowest BCUT2D eigenvalue weighted by atomic mass is 10.0. The van der Waals surface area contributed by atoms with Crippen LogP contribution >= 0.6 is 0 Å². The molecule has 2 heterocycles. The molecular formula is C14H17FN4. The van der Waals surface area contributed by atoms with Crippen molar-refractivity contribution in [1.29, 1.82) is 0 Å². The van der Waals surface area contributed by atoms with Gasteiger partial charge in [0.05, 0.1) is 17.9 Å². The van der Waals surface area contributed by atoms with E-state index in [1.807, 2.05) is 12.1 Å². The molecule has 19 heavy (non-hydrogen) atoms. The number of halogens is 1. The van der Waals surface area contributed by atoms with E-state index in [0.29, 0.717) is 5.82 Å². The van der Waals surface area contributed by atoms with Crippen LogP contribution in [0.1, 0.15) is 30.6 Å². The van der Waals surface area contributed by atoms with Crippen molar-refractivity contribution in [2.75, 3.05) is 12.3 Å². The zero-order valence-corrected chi connectivity index (χ0v) is 10.8. The molecule has 2 rings (SSSR count). The highest BCUT2D eigenvalue weighted by atomic mass is 19.1. The molecule has 1 atom stereocenters. The average Bonchev–Trinajstić information content (AvgIpc) is 2.43. The third-order valence-corrected chi connectivity index (χ3v) is 2.83. The molecule has 0 aromatic carbocycles. The van der Waals surface area contributed by atoms with Crippen LogP contribution in [0.25, 0.3) is 0 Å². The van der Waals surface area contributed by atoms with Crippen LogP contribution in [0, 0.1) is 5.82 Å². The first kappa shape index (κ1) is 13.4. The Morgan fingerprint density at radius 3 is 2.79 bits per heavy atom. The van der Waals surface area contributed by atoms with Gasteiger partial charge in [0, 0.05) is 11.8 Å². The van der Waals surface area contributed by atoms with Gasteiger partial charge >= 0.3 is 0 Å². The minimum atomic E-state index is -0.350. The molecule has 0 spiro atoms. The molecule has 4 nitrogen and oxygen atoms in total. The van der Waals surface area contributed by atoms with Crippen molar-refractivity contribution in [2.45, 2.75) is 19.4 Å². The second kappa shape index (κ2) is 6.24. The van der Waals surface area contributed by atoms with E-state index in [0.717, 1.165) is 24.2 Å². The summed E-state index contributed by atoms with van der Waals surface area (Å²) >= 11 is 0. The Bertz CT molecular complexity index is 527. The van der Waals surface area contributed by atoms with Gasteiger partial charge in [-0.2, -0.15) is 0 Å². The van der Waals surface area contributed by atoms with Crippen LogP contribution in [0.3, 0.4) is 0 Å². The Morgan fingerprint density at radius 1 is 1.32 bits per heavy atom. The molecule has 1 unspecified atom stereocenters. The van der Waals surface area contributed by atoms with E-state index in [2.05, 4.69) is 22.2 Å². The number of nitrogen functional groups attached to an aromatic ring is 1. The second-order valence-corrected chi connectivity index (χ2v) is 4.27. The summed E-state index contributed by atoms with van der Waals surface area (Å²) in [6.07, 6.45) is 3.84. The van der Waals surface area contributed by atoms with Crippen LogP contribution < -0.4 is 11.1 Å². The van der Waals surface area contributed by atoms with Crippen LogP contribution in [0.15, 0.2) is 36.7 Å². The zero-order chi connectivity index (χ0) is 13.7. The SMILES string of the molecule is CCCNC(c1ccc(F)cn1)c1cccnc1N. The maximum Gasteiger partial charge on any atom is 0.141 e. The minimum absolute atomic E-state index is 0.172. The van der Waals surface area contributed by atoms with Gasteiger partial charge in [0.1, 0.15) is 11.6 Å². The number of nitrogens with two attached hydrogens (primary N) is 1. The van der Waals surface area contributed by atoms with E-state index in [1.165, 1.54) is 12.3 Å². The van der Waals surface area contributed by atoms with Crippen molar-refractivity contribution in [3.8, 4) is 0 Å².